The molecule has 0 aliphatic rings. The Bertz CT molecular complexity index is 537. The van der Waals surface area contributed by atoms with Gasteiger partial charge in [-0.25, -0.2) is 9.78 Å². The van der Waals surface area contributed by atoms with E-state index < -0.39 is 5.97 Å². The van der Waals surface area contributed by atoms with Crippen molar-refractivity contribution in [1.82, 2.24) is 4.98 Å². The molecule has 0 saturated heterocycles. The van der Waals surface area contributed by atoms with E-state index in [0.29, 0.717) is 10.8 Å². The zero-order valence-electron chi connectivity index (χ0n) is 9.43. The fourth-order valence-electron chi connectivity index (χ4n) is 1.30. The van der Waals surface area contributed by atoms with Crippen LogP contribution >= 0.6 is 11.3 Å². The number of nitrogens with zero attached hydrogens (tertiary/aromatic N) is 1. The number of hydrogen-bond donors (Lipinski definition) is 0. The van der Waals surface area contributed by atoms with Crippen molar-refractivity contribution in [3.8, 4) is 5.75 Å². The molecule has 5 nitrogen and oxygen atoms in total. The number of thiazole rings is 1. The van der Waals surface area contributed by atoms with Gasteiger partial charge < -0.3 is 14.2 Å². The SMILES string of the molecule is COCOc1ccc2nc(C(=O)OC)sc2c1. The summed E-state index contributed by atoms with van der Waals surface area (Å²) in [6.07, 6.45) is 0. The van der Waals surface area contributed by atoms with E-state index in [4.69, 9.17) is 9.47 Å². The van der Waals surface area contributed by atoms with Crippen molar-refractivity contribution in [3.05, 3.63) is 23.2 Å². The average molecular weight is 253 g/mol. The standard InChI is InChI=1S/C11H11NO4S/c1-14-6-16-7-3-4-8-9(5-7)17-10(12-8)11(13)15-2/h3-5H,6H2,1-2H3. The van der Waals surface area contributed by atoms with Crippen LogP contribution in [0.25, 0.3) is 10.2 Å². The maximum atomic E-state index is 11.3. The van der Waals surface area contributed by atoms with Gasteiger partial charge in [-0.1, -0.05) is 0 Å². The zero-order chi connectivity index (χ0) is 12.3. The summed E-state index contributed by atoms with van der Waals surface area (Å²) in [5.41, 5.74) is 0.750. The van der Waals surface area contributed by atoms with E-state index in [-0.39, 0.29) is 6.79 Å². The lowest BCUT2D eigenvalue weighted by Crippen LogP contribution is -1.99. The Labute approximate surface area is 102 Å². The third kappa shape index (κ3) is 2.54. The van der Waals surface area contributed by atoms with E-state index in [1.54, 1.807) is 19.2 Å². The third-order valence-corrected chi connectivity index (χ3v) is 3.06. The Balaban J connectivity index is 2.31. The molecule has 17 heavy (non-hydrogen) atoms. The van der Waals surface area contributed by atoms with Gasteiger partial charge in [0.05, 0.1) is 17.3 Å². The fourth-order valence-corrected chi connectivity index (χ4v) is 2.21. The summed E-state index contributed by atoms with van der Waals surface area (Å²) >= 11 is 1.27. The van der Waals surface area contributed by atoms with Crippen LogP contribution in [0.1, 0.15) is 9.80 Å². The normalized spacial score (nSPS) is 10.5. The molecule has 0 radical (unpaired) electrons. The van der Waals surface area contributed by atoms with Gasteiger partial charge in [0.15, 0.2) is 6.79 Å². The lowest BCUT2D eigenvalue weighted by atomic mass is 10.3. The average Bonchev–Trinajstić information content (AvgIpc) is 2.78. The second-order valence-corrected chi connectivity index (χ2v) is 4.22. The van der Waals surface area contributed by atoms with Crippen molar-refractivity contribution in [3.63, 3.8) is 0 Å². The Morgan fingerprint density at radius 3 is 2.94 bits per heavy atom. The molecule has 0 saturated carbocycles. The van der Waals surface area contributed by atoms with Crippen LogP contribution in [0.5, 0.6) is 5.75 Å². The van der Waals surface area contributed by atoms with Crippen molar-refractivity contribution in [1.29, 1.82) is 0 Å². The van der Waals surface area contributed by atoms with Gasteiger partial charge in [-0.15, -0.1) is 11.3 Å². The van der Waals surface area contributed by atoms with Crippen LogP contribution in [-0.2, 0) is 9.47 Å². The molecule has 1 heterocycles. The Kier molecular flexibility index (Phi) is 3.55. The molecule has 0 bridgehead atoms. The predicted octanol–water partition coefficient (Wildman–Crippen LogP) is 2.07. The van der Waals surface area contributed by atoms with Gasteiger partial charge in [-0.05, 0) is 18.2 Å². The molecule has 0 amide bonds. The molecule has 0 N–H and O–H groups in total. The number of aromatic nitrogens is 1. The molecule has 6 heteroatoms. The maximum absolute atomic E-state index is 11.3. The summed E-state index contributed by atoms with van der Waals surface area (Å²) in [4.78, 5) is 15.5. The number of benzene rings is 1. The highest BCUT2D eigenvalue weighted by Crippen LogP contribution is 2.26. The van der Waals surface area contributed by atoms with E-state index in [0.717, 1.165) is 10.2 Å². The van der Waals surface area contributed by atoms with Crippen LogP contribution in [0, 0.1) is 0 Å². The van der Waals surface area contributed by atoms with E-state index >= 15 is 0 Å². The molecule has 2 rings (SSSR count). The third-order valence-electron chi connectivity index (χ3n) is 2.06. The predicted molar refractivity (Wildman–Crippen MR) is 63.5 cm³/mol. The summed E-state index contributed by atoms with van der Waals surface area (Å²) in [7, 11) is 2.89. The van der Waals surface area contributed by atoms with Crippen molar-refractivity contribution < 1.29 is 19.0 Å². The quantitative estimate of drug-likeness (QED) is 0.616. The Hall–Kier alpha value is -1.66. The number of carbonyl (C=O) groups excluding carboxylic acids is 1. The molecule has 0 aliphatic carbocycles. The van der Waals surface area contributed by atoms with E-state index in [1.807, 2.05) is 6.07 Å². The van der Waals surface area contributed by atoms with Crippen LogP contribution in [0.2, 0.25) is 0 Å². The smallest absolute Gasteiger partial charge is 0.367 e. The van der Waals surface area contributed by atoms with Crippen molar-refractivity contribution in [2.75, 3.05) is 21.0 Å². The maximum Gasteiger partial charge on any atom is 0.367 e. The molecular weight excluding hydrogens is 242 g/mol. The minimum absolute atomic E-state index is 0.189. The van der Waals surface area contributed by atoms with Gasteiger partial charge in [-0.2, -0.15) is 0 Å². The zero-order valence-corrected chi connectivity index (χ0v) is 10.2. The summed E-state index contributed by atoms with van der Waals surface area (Å²) in [5, 5.41) is 0.339. The topological polar surface area (TPSA) is 57.7 Å². The van der Waals surface area contributed by atoms with Crippen LogP contribution in [0.15, 0.2) is 18.2 Å². The van der Waals surface area contributed by atoms with Gasteiger partial charge in [0.25, 0.3) is 0 Å². The number of methoxy groups -OCH3 is 2. The highest BCUT2D eigenvalue weighted by atomic mass is 32.1. The molecule has 0 fully saturated rings. The van der Waals surface area contributed by atoms with Gasteiger partial charge in [-0.3, -0.25) is 0 Å². The Morgan fingerprint density at radius 1 is 1.41 bits per heavy atom. The van der Waals surface area contributed by atoms with Gasteiger partial charge in [0.2, 0.25) is 5.01 Å². The number of carbonyl (C=O) groups is 1. The second kappa shape index (κ2) is 5.11. The van der Waals surface area contributed by atoms with Crippen molar-refractivity contribution in [2.45, 2.75) is 0 Å². The van der Waals surface area contributed by atoms with E-state index in [9.17, 15) is 4.79 Å². The second-order valence-electron chi connectivity index (χ2n) is 3.19. The number of ether oxygens (including phenoxy) is 3. The molecular formula is C11H11NO4S. The monoisotopic (exact) mass is 253 g/mol. The lowest BCUT2D eigenvalue weighted by Gasteiger charge is -2.03. The van der Waals surface area contributed by atoms with Crippen molar-refractivity contribution >= 4 is 27.5 Å². The van der Waals surface area contributed by atoms with E-state index in [2.05, 4.69) is 9.72 Å². The molecule has 0 spiro atoms. The fraction of sp³-hybridized carbons (Fsp3) is 0.273. The number of fused-ring (bicyclic) bond motifs is 1. The first-order chi connectivity index (χ1) is 8.24. The number of rotatable bonds is 4. The minimum Gasteiger partial charge on any atom is -0.468 e. The molecule has 90 valence electrons. The first-order valence-electron chi connectivity index (χ1n) is 4.85. The molecule has 2 aromatic rings. The Morgan fingerprint density at radius 2 is 2.24 bits per heavy atom. The number of esters is 1. The molecule has 0 aliphatic heterocycles. The van der Waals surface area contributed by atoms with Crippen LogP contribution < -0.4 is 4.74 Å². The highest BCUT2D eigenvalue weighted by Gasteiger charge is 2.12. The highest BCUT2D eigenvalue weighted by molar-refractivity contribution is 7.20. The molecule has 1 aromatic carbocycles. The number of hydrogen-bond acceptors (Lipinski definition) is 6. The van der Waals surface area contributed by atoms with Gasteiger partial charge in [0.1, 0.15) is 5.75 Å². The molecule has 0 unspecified atom stereocenters. The van der Waals surface area contributed by atoms with E-state index in [1.165, 1.54) is 18.4 Å². The summed E-state index contributed by atoms with van der Waals surface area (Å²) in [6.45, 7) is 0.189. The van der Waals surface area contributed by atoms with Gasteiger partial charge >= 0.3 is 5.97 Å². The van der Waals surface area contributed by atoms with Gasteiger partial charge in [0, 0.05) is 7.11 Å². The first-order valence-corrected chi connectivity index (χ1v) is 5.67. The van der Waals surface area contributed by atoms with Crippen LogP contribution in [0.4, 0.5) is 0 Å². The first kappa shape index (κ1) is 11.8. The minimum atomic E-state index is -0.425. The van der Waals surface area contributed by atoms with Crippen LogP contribution in [0.3, 0.4) is 0 Å². The summed E-state index contributed by atoms with van der Waals surface area (Å²) in [5.74, 6) is 0.255. The largest absolute Gasteiger partial charge is 0.468 e. The summed E-state index contributed by atoms with van der Waals surface area (Å²) in [6, 6.07) is 5.39. The molecule has 1 aromatic heterocycles. The lowest BCUT2D eigenvalue weighted by molar-refractivity contribution is 0.0512. The summed E-state index contributed by atoms with van der Waals surface area (Å²) < 4.78 is 15.6. The molecule has 0 atom stereocenters. The van der Waals surface area contributed by atoms with Crippen molar-refractivity contribution in [2.24, 2.45) is 0 Å². The van der Waals surface area contributed by atoms with Crippen LogP contribution in [-0.4, -0.2) is 32.0 Å².